The van der Waals surface area contributed by atoms with Gasteiger partial charge in [-0.2, -0.15) is 0 Å². The smallest absolute Gasteiger partial charge is 0.267 e. The molecule has 3 fully saturated rings. The number of hydrogen-bond acceptors (Lipinski definition) is 11. The quantitative estimate of drug-likeness (QED) is 0.171. The van der Waals surface area contributed by atoms with Crippen molar-refractivity contribution in [3.63, 3.8) is 0 Å². The first kappa shape index (κ1) is 37.0. The number of carbonyl (C=O) groups excluding carboxylic acids is 4. The van der Waals surface area contributed by atoms with E-state index in [4.69, 9.17) is 16.6 Å². The lowest BCUT2D eigenvalue weighted by molar-refractivity contribution is -0.136. The molecule has 4 aromatic rings. The van der Waals surface area contributed by atoms with E-state index >= 15 is 0 Å². The van der Waals surface area contributed by atoms with Crippen molar-refractivity contribution in [1.29, 1.82) is 0 Å². The Balaban J connectivity index is 0.807. The number of halogens is 1. The zero-order chi connectivity index (χ0) is 38.2. The molecule has 0 aliphatic carbocycles. The summed E-state index contributed by atoms with van der Waals surface area (Å²) >= 11 is 7.55. The molecule has 4 aliphatic rings. The van der Waals surface area contributed by atoms with E-state index in [9.17, 15) is 19.2 Å². The van der Waals surface area contributed by atoms with Crippen LogP contribution in [0.3, 0.4) is 0 Å². The number of para-hydroxylation sites is 1. The number of benzene rings is 2. The maximum atomic E-state index is 13.1. The number of nitrogens with zero attached hydrogens (tertiary/aromatic N) is 6. The molecule has 0 saturated carbocycles. The second-order valence-corrected chi connectivity index (χ2v) is 16.5. The Morgan fingerprint density at radius 1 is 0.982 bits per heavy atom. The Morgan fingerprint density at radius 3 is 2.55 bits per heavy atom. The number of amides is 4. The van der Waals surface area contributed by atoms with Crippen LogP contribution in [0.1, 0.15) is 87.0 Å². The number of anilines is 4. The third-order valence-electron chi connectivity index (χ3n) is 11.3. The van der Waals surface area contributed by atoms with Crippen LogP contribution in [0.25, 0.3) is 0 Å². The third kappa shape index (κ3) is 8.07. The van der Waals surface area contributed by atoms with Crippen molar-refractivity contribution in [2.45, 2.75) is 70.9 Å². The number of carbonyl (C=O) groups is 4. The molecule has 1 atom stereocenters. The summed E-state index contributed by atoms with van der Waals surface area (Å²) in [5.74, 6) is 2.20. The number of thiazole rings is 1. The van der Waals surface area contributed by atoms with E-state index in [-0.39, 0.29) is 30.0 Å². The molecule has 13 nitrogen and oxygen atoms in total. The molecule has 1 unspecified atom stereocenters. The minimum atomic E-state index is -0.590. The predicted molar refractivity (Wildman–Crippen MR) is 212 cm³/mol. The largest absolute Gasteiger partial charge is 0.356 e. The zero-order valence-corrected chi connectivity index (χ0v) is 32.5. The SMILES string of the molecule is Cc1nc(Nc2ncc(C(=O)Nc3c(C)cccc3Cl)s2)cc(N2CCC(CN3CCC(c4ccc5c(c4)CN(C4CCC(=O)NC4=O)C5=O)CC3)CC2)n1. The van der Waals surface area contributed by atoms with Crippen molar-refractivity contribution in [2.24, 2.45) is 5.92 Å². The first-order valence-electron chi connectivity index (χ1n) is 19.0. The van der Waals surface area contributed by atoms with Gasteiger partial charge < -0.3 is 25.3 Å². The Morgan fingerprint density at radius 2 is 1.78 bits per heavy atom. The Labute approximate surface area is 328 Å². The highest BCUT2D eigenvalue weighted by molar-refractivity contribution is 7.17. The maximum absolute atomic E-state index is 13.1. The molecule has 15 heteroatoms. The Kier molecular flexibility index (Phi) is 10.6. The number of rotatable bonds is 9. The van der Waals surface area contributed by atoms with Crippen LogP contribution >= 0.6 is 22.9 Å². The summed E-state index contributed by atoms with van der Waals surface area (Å²) in [6, 6.07) is 13.0. The Bertz CT molecular complexity index is 2120. The van der Waals surface area contributed by atoms with Gasteiger partial charge in [-0.15, -0.1) is 0 Å². The number of imide groups is 1. The van der Waals surface area contributed by atoms with Gasteiger partial charge in [0.25, 0.3) is 11.8 Å². The summed E-state index contributed by atoms with van der Waals surface area (Å²) < 4.78 is 0. The molecular weight excluding hydrogens is 738 g/mol. The van der Waals surface area contributed by atoms with Gasteiger partial charge >= 0.3 is 0 Å². The standard InChI is InChI=1S/C40H44ClN9O4S/c1-23-4-3-5-30(41)36(23)47-38(53)32-20-42-40(55-32)45-33-19-34(44-24(2)43-33)49-16-10-25(11-17-49)21-48-14-12-26(13-15-48)27-6-7-29-28(18-27)22-50(39(29)54)31-8-9-35(51)46-37(31)52/h3-7,18-20,25-26,31H,8-17,21-22H2,1-2H3,(H,47,53)(H,46,51,52)(H,42,43,44,45). The monoisotopic (exact) mass is 781 g/mol. The molecule has 0 radical (unpaired) electrons. The highest BCUT2D eigenvalue weighted by atomic mass is 35.5. The zero-order valence-electron chi connectivity index (χ0n) is 30.9. The van der Waals surface area contributed by atoms with Crippen LogP contribution in [0, 0.1) is 19.8 Å². The van der Waals surface area contributed by atoms with Crippen molar-refractivity contribution in [1.82, 2.24) is 30.1 Å². The molecule has 4 amide bonds. The summed E-state index contributed by atoms with van der Waals surface area (Å²) in [5.41, 5.74) is 4.39. The van der Waals surface area contributed by atoms with Crippen LogP contribution in [0.2, 0.25) is 5.02 Å². The van der Waals surface area contributed by atoms with E-state index in [0.717, 1.165) is 75.4 Å². The lowest BCUT2D eigenvalue weighted by atomic mass is 9.87. The lowest BCUT2D eigenvalue weighted by Gasteiger charge is -2.38. The number of aryl methyl sites for hydroxylation is 2. The molecule has 55 heavy (non-hydrogen) atoms. The summed E-state index contributed by atoms with van der Waals surface area (Å²) in [6.45, 7) is 9.22. The molecule has 4 aliphatic heterocycles. The van der Waals surface area contributed by atoms with Crippen LogP contribution in [0.15, 0.2) is 48.7 Å². The molecule has 286 valence electrons. The van der Waals surface area contributed by atoms with Crippen molar-refractivity contribution >= 4 is 69.0 Å². The fourth-order valence-corrected chi connectivity index (χ4v) is 9.28. The minimum Gasteiger partial charge on any atom is -0.356 e. The number of piperidine rings is 3. The second-order valence-electron chi connectivity index (χ2n) is 15.0. The fourth-order valence-electron chi connectivity index (χ4n) is 8.30. The molecule has 2 aromatic heterocycles. The van der Waals surface area contributed by atoms with Gasteiger partial charge in [-0.1, -0.05) is 47.2 Å². The normalized spacial score (nSPS) is 19.8. The summed E-state index contributed by atoms with van der Waals surface area (Å²) in [4.78, 5) is 70.9. The van der Waals surface area contributed by atoms with Gasteiger partial charge in [0.2, 0.25) is 11.8 Å². The van der Waals surface area contributed by atoms with Gasteiger partial charge in [-0.3, -0.25) is 24.5 Å². The van der Waals surface area contributed by atoms with Crippen LogP contribution in [-0.4, -0.2) is 87.1 Å². The number of nitrogens with one attached hydrogen (secondary N) is 3. The van der Waals surface area contributed by atoms with Crippen LogP contribution in [-0.2, 0) is 16.1 Å². The minimum absolute atomic E-state index is 0.123. The average Bonchev–Trinajstić information content (AvgIpc) is 3.77. The highest BCUT2D eigenvalue weighted by Gasteiger charge is 2.39. The lowest BCUT2D eigenvalue weighted by Crippen LogP contribution is -2.52. The maximum Gasteiger partial charge on any atom is 0.267 e. The molecule has 8 rings (SSSR count). The first-order valence-corrected chi connectivity index (χ1v) is 20.2. The van der Waals surface area contributed by atoms with Crippen molar-refractivity contribution < 1.29 is 19.2 Å². The Hall–Kier alpha value is -4.92. The van der Waals surface area contributed by atoms with E-state index in [0.29, 0.717) is 62.7 Å². The highest BCUT2D eigenvalue weighted by Crippen LogP contribution is 2.35. The number of hydrogen-bond donors (Lipinski definition) is 3. The van der Waals surface area contributed by atoms with E-state index in [1.165, 1.54) is 16.9 Å². The number of fused-ring (bicyclic) bond motifs is 1. The first-order chi connectivity index (χ1) is 26.6. The van der Waals surface area contributed by atoms with Crippen LogP contribution in [0.4, 0.5) is 22.5 Å². The molecule has 2 aromatic carbocycles. The topological polar surface area (TPSA) is 153 Å². The summed E-state index contributed by atoms with van der Waals surface area (Å²) in [5, 5.41) is 9.61. The van der Waals surface area contributed by atoms with Gasteiger partial charge in [-0.05, 0) is 99.7 Å². The molecular formula is C40H44ClN9O4S. The third-order valence-corrected chi connectivity index (χ3v) is 12.5. The second kappa shape index (κ2) is 15.7. The average molecular weight is 782 g/mol. The fraction of sp³-hybridized carbons (Fsp3) is 0.425. The van der Waals surface area contributed by atoms with Crippen LogP contribution in [0.5, 0.6) is 0 Å². The van der Waals surface area contributed by atoms with Gasteiger partial charge in [0.05, 0.1) is 16.9 Å². The number of aromatic nitrogens is 3. The van der Waals surface area contributed by atoms with Crippen LogP contribution < -0.4 is 20.9 Å². The van der Waals surface area contributed by atoms with E-state index < -0.39 is 6.04 Å². The van der Waals surface area contributed by atoms with Gasteiger partial charge in [0.15, 0.2) is 5.13 Å². The molecule has 3 saturated heterocycles. The summed E-state index contributed by atoms with van der Waals surface area (Å²) in [7, 11) is 0. The summed E-state index contributed by atoms with van der Waals surface area (Å²) in [6.07, 6.45) is 6.50. The number of likely N-dealkylation sites (tertiary alicyclic amines) is 1. The van der Waals surface area contributed by atoms with Crippen molar-refractivity contribution in [2.75, 3.05) is 48.3 Å². The van der Waals surface area contributed by atoms with Gasteiger partial charge in [0.1, 0.15) is 28.4 Å². The van der Waals surface area contributed by atoms with Crippen molar-refractivity contribution in [3.05, 3.63) is 86.6 Å². The molecule has 3 N–H and O–H groups in total. The van der Waals surface area contributed by atoms with E-state index in [1.807, 2.05) is 38.1 Å². The van der Waals surface area contributed by atoms with Crippen molar-refractivity contribution in [3.8, 4) is 0 Å². The molecule has 6 heterocycles. The van der Waals surface area contributed by atoms with E-state index in [2.05, 4.69) is 47.9 Å². The van der Waals surface area contributed by atoms with E-state index in [1.54, 1.807) is 17.2 Å². The van der Waals surface area contributed by atoms with Gasteiger partial charge in [0, 0.05) is 44.2 Å². The molecule has 0 bridgehead atoms. The molecule has 0 spiro atoms. The van der Waals surface area contributed by atoms with Gasteiger partial charge in [-0.25, -0.2) is 15.0 Å². The predicted octanol–water partition coefficient (Wildman–Crippen LogP) is 6.06.